The molecule has 0 bridgehead atoms. The van der Waals surface area contributed by atoms with Crippen LogP contribution in [-0.4, -0.2) is 49.7 Å². The van der Waals surface area contributed by atoms with Gasteiger partial charge in [-0.3, -0.25) is 14.9 Å². The first kappa shape index (κ1) is 24.3. The number of nitro benzene ring substituents is 1. The molecule has 1 fully saturated rings. The number of hydrogen-bond donors (Lipinski definition) is 1. The van der Waals surface area contributed by atoms with Crippen LogP contribution in [0.5, 0.6) is 0 Å². The highest BCUT2D eigenvalue weighted by Crippen LogP contribution is 2.28. The molecule has 1 unspecified atom stereocenters. The first-order chi connectivity index (χ1) is 16.9. The van der Waals surface area contributed by atoms with Gasteiger partial charge in [-0.05, 0) is 35.2 Å². The van der Waals surface area contributed by atoms with Crippen LogP contribution in [0.15, 0.2) is 60.0 Å². The van der Waals surface area contributed by atoms with Crippen LogP contribution in [0.4, 0.5) is 15.8 Å². The Balaban J connectivity index is 1.48. The number of carbonyl (C=O) groups excluding carboxylic acids is 2. The summed E-state index contributed by atoms with van der Waals surface area (Å²) in [6.07, 6.45) is 0. The Bertz CT molecular complexity index is 1200. The smallest absolute Gasteiger partial charge is 0.341 e. The summed E-state index contributed by atoms with van der Waals surface area (Å²) in [5.74, 6) is -1.81. The van der Waals surface area contributed by atoms with Crippen molar-refractivity contribution >= 4 is 34.6 Å². The summed E-state index contributed by atoms with van der Waals surface area (Å²) in [5.41, 5.74) is 0.892. The SMILES string of the molecule is O=C(COC(=O)c1cc([N+](=O)[O-])ccc1N1CCOCC1)NC(c1ccc(F)cc1)c1cccs1. The maximum atomic E-state index is 13.4. The Hall–Kier alpha value is -3.83. The van der Waals surface area contributed by atoms with Crippen molar-refractivity contribution in [2.24, 2.45) is 0 Å². The molecule has 3 aromatic rings. The maximum absolute atomic E-state index is 13.4. The van der Waals surface area contributed by atoms with Gasteiger partial charge in [0.25, 0.3) is 11.6 Å². The lowest BCUT2D eigenvalue weighted by molar-refractivity contribution is -0.384. The van der Waals surface area contributed by atoms with Gasteiger partial charge in [0.1, 0.15) is 5.82 Å². The molecule has 0 spiro atoms. The fourth-order valence-electron chi connectivity index (χ4n) is 3.72. The van der Waals surface area contributed by atoms with Crippen molar-refractivity contribution in [3.05, 3.63) is 91.9 Å². The third kappa shape index (κ3) is 6.00. The number of halogens is 1. The van der Waals surface area contributed by atoms with Crippen LogP contribution in [0, 0.1) is 15.9 Å². The lowest BCUT2D eigenvalue weighted by Crippen LogP contribution is -2.37. The minimum Gasteiger partial charge on any atom is -0.452 e. The monoisotopic (exact) mass is 499 g/mol. The molecule has 2 heterocycles. The molecule has 2 aromatic carbocycles. The van der Waals surface area contributed by atoms with Crippen LogP contribution >= 0.6 is 11.3 Å². The number of nitrogens with zero attached hydrogens (tertiary/aromatic N) is 2. The van der Waals surface area contributed by atoms with E-state index in [1.807, 2.05) is 22.4 Å². The summed E-state index contributed by atoms with van der Waals surface area (Å²) in [5, 5.41) is 15.9. The highest BCUT2D eigenvalue weighted by molar-refractivity contribution is 7.10. The summed E-state index contributed by atoms with van der Waals surface area (Å²) in [6.45, 7) is 1.35. The second-order valence-electron chi connectivity index (χ2n) is 7.70. The van der Waals surface area contributed by atoms with Crippen molar-refractivity contribution in [1.82, 2.24) is 5.32 Å². The fraction of sp³-hybridized carbons (Fsp3) is 0.250. The van der Waals surface area contributed by atoms with Crippen LogP contribution in [-0.2, 0) is 14.3 Å². The number of carbonyl (C=O) groups is 2. The van der Waals surface area contributed by atoms with Gasteiger partial charge < -0.3 is 19.7 Å². The van der Waals surface area contributed by atoms with Crippen LogP contribution in [0.2, 0.25) is 0 Å². The second-order valence-corrected chi connectivity index (χ2v) is 8.68. The van der Waals surface area contributed by atoms with Crippen molar-refractivity contribution in [2.45, 2.75) is 6.04 Å². The highest BCUT2D eigenvalue weighted by atomic mass is 32.1. The number of rotatable bonds is 8. The van der Waals surface area contributed by atoms with Gasteiger partial charge in [0.05, 0.1) is 35.4 Å². The van der Waals surface area contributed by atoms with Gasteiger partial charge in [0.2, 0.25) is 0 Å². The molecule has 182 valence electrons. The first-order valence-corrected chi connectivity index (χ1v) is 11.7. The van der Waals surface area contributed by atoms with Gasteiger partial charge >= 0.3 is 5.97 Å². The minimum absolute atomic E-state index is 0.00208. The molecule has 9 nitrogen and oxygen atoms in total. The number of esters is 1. The van der Waals surface area contributed by atoms with Gasteiger partial charge in [-0.15, -0.1) is 11.3 Å². The third-order valence-electron chi connectivity index (χ3n) is 5.43. The highest BCUT2D eigenvalue weighted by Gasteiger charge is 2.24. The molecule has 1 amide bonds. The van der Waals surface area contributed by atoms with Crippen molar-refractivity contribution in [3.8, 4) is 0 Å². The number of ether oxygens (including phenoxy) is 2. The van der Waals surface area contributed by atoms with Gasteiger partial charge in [-0.1, -0.05) is 18.2 Å². The van der Waals surface area contributed by atoms with Gasteiger partial charge in [-0.2, -0.15) is 0 Å². The van der Waals surface area contributed by atoms with E-state index < -0.39 is 35.3 Å². The summed E-state index contributed by atoms with van der Waals surface area (Å²) in [7, 11) is 0. The molecule has 1 saturated heterocycles. The molecule has 0 saturated carbocycles. The molecule has 0 aliphatic carbocycles. The van der Waals surface area contributed by atoms with Crippen molar-refractivity contribution in [2.75, 3.05) is 37.8 Å². The number of benzene rings is 2. The maximum Gasteiger partial charge on any atom is 0.341 e. The Morgan fingerprint density at radius 2 is 1.91 bits per heavy atom. The number of nitro groups is 1. The van der Waals surface area contributed by atoms with Crippen LogP contribution in [0.1, 0.15) is 26.8 Å². The Kier molecular flexibility index (Phi) is 7.68. The molecule has 0 radical (unpaired) electrons. The van der Waals surface area contributed by atoms with E-state index in [-0.39, 0.29) is 11.3 Å². The van der Waals surface area contributed by atoms with Crippen molar-refractivity contribution < 1.29 is 28.4 Å². The summed E-state index contributed by atoms with van der Waals surface area (Å²) in [4.78, 5) is 38.9. The number of nitrogens with one attached hydrogen (secondary N) is 1. The lowest BCUT2D eigenvalue weighted by atomic mass is 10.1. The average Bonchev–Trinajstić information content (AvgIpc) is 3.41. The van der Waals surface area contributed by atoms with Gasteiger partial charge in [0, 0.05) is 30.1 Å². The Labute approximate surface area is 204 Å². The van der Waals surface area contributed by atoms with E-state index >= 15 is 0 Å². The van der Waals surface area contributed by atoms with E-state index in [1.165, 1.54) is 35.6 Å². The van der Waals surface area contributed by atoms with Gasteiger partial charge in [-0.25, -0.2) is 9.18 Å². The largest absolute Gasteiger partial charge is 0.452 e. The van der Waals surface area contributed by atoms with Crippen LogP contribution < -0.4 is 10.2 Å². The second kappa shape index (κ2) is 11.1. The number of non-ortho nitro benzene ring substituents is 1. The predicted octanol–water partition coefficient (Wildman–Crippen LogP) is 3.69. The van der Waals surface area contributed by atoms with Crippen LogP contribution in [0.3, 0.4) is 0 Å². The Morgan fingerprint density at radius 3 is 2.57 bits per heavy atom. The van der Waals surface area contributed by atoms with Crippen molar-refractivity contribution in [1.29, 1.82) is 0 Å². The summed E-state index contributed by atoms with van der Waals surface area (Å²) in [6, 6.07) is 12.8. The number of morpholine rings is 1. The standard InChI is InChI=1S/C24H22FN3O6S/c25-17-5-3-16(4-6-17)23(21-2-1-13-35-21)26-22(29)15-34-24(30)19-14-18(28(31)32)7-8-20(19)27-9-11-33-12-10-27/h1-8,13-14,23H,9-12,15H2,(H,26,29). The number of amides is 1. The third-order valence-corrected chi connectivity index (χ3v) is 6.37. The summed E-state index contributed by atoms with van der Waals surface area (Å²) >= 11 is 1.42. The summed E-state index contributed by atoms with van der Waals surface area (Å²) < 4.78 is 24.0. The molecule has 1 N–H and O–H groups in total. The number of anilines is 1. The lowest BCUT2D eigenvalue weighted by Gasteiger charge is -2.30. The number of thiophene rings is 1. The van der Waals surface area contributed by atoms with E-state index in [9.17, 15) is 24.1 Å². The molecule has 11 heteroatoms. The van der Waals surface area contributed by atoms with Crippen LogP contribution in [0.25, 0.3) is 0 Å². The zero-order valence-corrected chi connectivity index (χ0v) is 19.3. The van der Waals surface area contributed by atoms with E-state index in [1.54, 1.807) is 12.1 Å². The average molecular weight is 500 g/mol. The number of hydrogen-bond acceptors (Lipinski definition) is 8. The zero-order chi connectivity index (χ0) is 24.8. The normalized spacial score (nSPS) is 14.3. The predicted molar refractivity (Wildman–Crippen MR) is 127 cm³/mol. The Morgan fingerprint density at radius 1 is 1.17 bits per heavy atom. The van der Waals surface area contributed by atoms with E-state index in [0.29, 0.717) is 37.6 Å². The van der Waals surface area contributed by atoms with Gasteiger partial charge in [0.15, 0.2) is 6.61 Å². The molecule has 1 aromatic heterocycles. The molecule has 1 aliphatic heterocycles. The first-order valence-electron chi connectivity index (χ1n) is 10.8. The molecular weight excluding hydrogens is 477 g/mol. The quantitative estimate of drug-likeness (QED) is 0.286. The van der Waals surface area contributed by atoms with E-state index in [4.69, 9.17) is 9.47 Å². The molecule has 1 atom stereocenters. The van der Waals surface area contributed by atoms with Crippen molar-refractivity contribution in [3.63, 3.8) is 0 Å². The molecule has 4 rings (SSSR count). The molecule has 35 heavy (non-hydrogen) atoms. The van der Waals surface area contributed by atoms with E-state index in [2.05, 4.69) is 5.32 Å². The molecular formula is C24H22FN3O6S. The van der Waals surface area contributed by atoms with E-state index in [0.717, 1.165) is 10.9 Å². The minimum atomic E-state index is -0.847. The topological polar surface area (TPSA) is 111 Å². The fourth-order valence-corrected chi connectivity index (χ4v) is 4.52. The zero-order valence-electron chi connectivity index (χ0n) is 18.5. The molecule has 1 aliphatic rings.